The maximum absolute atomic E-state index is 12.5. The van der Waals surface area contributed by atoms with Gasteiger partial charge in [0.2, 0.25) is 0 Å². The Kier molecular flexibility index (Phi) is 6.10. The molecular weight excluding hydrogens is 348 g/mol. The highest BCUT2D eigenvalue weighted by atomic mass is 35.7. The third kappa shape index (κ3) is 5.77. The highest BCUT2D eigenvalue weighted by molar-refractivity contribution is 6.01. The fraction of sp³-hybridized carbons (Fsp3) is 0.294. The number of benzene rings is 1. The van der Waals surface area contributed by atoms with Gasteiger partial charge in [-0.3, -0.25) is 9.79 Å². The van der Waals surface area contributed by atoms with Crippen LogP contribution < -0.4 is 14.0 Å². The zero-order valence-corrected chi connectivity index (χ0v) is 14.6. The normalized spacial score (nSPS) is 19.7. The molecule has 25 heavy (non-hydrogen) atoms. The van der Waals surface area contributed by atoms with Crippen molar-refractivity contribution in [3.05, 3.63) is 59.3 Å². The first-order chi connectivity index (χ1) is 11.6. The van der Waals surface area contributed by atoms with E-state index in [1.165, 1.54) is 5.57 Å². The molecule has 1 atom stereocenters. The van der Waals surface area contributed by atoms with Crippen LogP contribution in [0.2, 0.25) is 0 Å². The Morgan fingerprint density at radius 3 is 2.40 bits per heavy atom. The van der Waals surface area contributed by atoms with Crippen molar-refractivity contribution >= 4 is 11.6 Å². The molecule has 0 spiro atoms. The minimum Gasteiger partial charge on any atom is -0.330 e. The molecule has 0 radical (unpaired) electrons. The zero-order valence-electron chi connectivity index (χ0n) is 13.9. The summed E-state index contributed by atoms with van der Waals surface area (Å²) < 4.78 is 32.7. The first-order valence-corrected chi connectivity index (χ1v) is 8.82. The molecule has 0 saturated heterocycles. The van der Waals surface area contributed by atoms with E-state index in [9.17, 15) is 4.79 Å². The van der Waals surface area contributed by atoms with Crippen molar-refractivity contribution in [2.24, 2.45) is 10.9 Å². The van der Waals surface area contributed by atoms with Gasteiger partial charge in [0, 0.05) is 17.8 Å². The molecule has 0 bridgehead atoms. The Labute approximate surface area is 148 Å². The highest BCUT2D eigenvalue weighted by Crippen LogP contribution is 2.23. The number of ketones is 1. The van der Waals surface area contributed by atoms with Crippen molar-refractivity contribution in [2.75, 3.05) is 13.1 Å². The third-order valence-electron chi connectivity index (χ3n) is 3.80. The van der Waals surface area contributed by atoms with E-state index in [-0.39, 0.29) is 11.7 Å². The summed E-state index contributed by atoms with van der Waals surface area (Å²) in [5.74, 6) is 1.11. The fourth-order valence-electron chi connectivity index (χ4n) is 2.77. The molecule has 3 rings (SSSR count). The minimum absolute atomic E-state index is 0.0590. The SMILES string of the molecule is CC1=CC2=NCC(C(=O)c3ccccc3)CN2C(C)=C1.[O-][Cl+3]([O-])([O-])O. The van der Waals surface area contributed by atoms with Gasteiger partial charge in [-0.1, -0.05) is 30.3 Å². The molecule has 0 aromatic heterocycles. The number of aliphatic imine (C=N–C) groups is 1. The Bertz CT molecular complexity index is 716. The van der Waals surface area contributed by atoms with Crippen LogP contribution in [-0.4, -0.2) is 34.3 Å². The number of nitrogens with zero attached hydrogens (tertiary/aromatic N) is 2. The molecule has 1 N–H and O–H groups in total. The number of halogens is 1. The molecule has 2 heterocycles. The van der Waals surface area contributed by atoms with Gasteiger partial charge in [-0.05, 0) is 31.6 Å². The van der Waals surface area contributed by atoms with E-state index in [0.717, 1.165) is 23.6 Å². The summed E-state index contributed by atoms with van der Waals surface area (Å²) >= 11 is 0. The molecule has 134 valence electrons. The summed E-state index contributed by atoms with van der Waals surface area (Å²) in [5.41, 5.74) is 3.15. The number of rotatable bonds is 2. The van der Waals surface area contributed by atoms with Gasteiger partial charge in [-0.15, -0.1) is 0 Å². The second-order valence-electron chi connectivity index (χ2n) is 5.81. The molecule has 1 unspecified atom stereocenters. The number of hydrogen-bond acceptors (Lipinski definition) is 7. The molecule has 0 amide bonds. The van der Waals surface area contributed by atoms with Crippen LogP contribution in [0.5, 0.6) is 0 Å². The number of Topliss-reactive ketones (excluding diaryl/α,β-unsaturated/α-hetero) is 1. The van der Waals surface area contributed by atoms with Gasteiger partial charge in [0.25, 0.3) is 0 Å². The zero-order chi connectivity index (χ0) is 18.6. The van der Waals surface area contributed by atoms with Gasteiger partial charge in [0.1, 0.15) is 5.84 Å². The third-order valence-corrected chi connectivity index (χ3v) is 3.80. The van der Waals surface area contributed by atoms with Crippen molar-refractivity contribution in [1.29, 1.82) is 0 Å². The van der Waals surface area contributed by atoms with E-state index in [2.05, 4.69) is 35.9 Å². The van der Waals surface area contributed by atoms with Crippen LogP contribution in [0.4, 0.5) is 0 Å². The lowest BCUT2D eigenvalue weighted by atomic mass is 9.94. The Morgan fingerprint density at radius 1 is 1.20 bits per heavy atom. The van der Waals surface area contributed by atoms with Crippen LogP contribution in [0.15, 0.2) is 58.7 Å². The summed E-state index contributed by atoms with van der Waals surface area (Å²) in [4.78, 5) is 19.2. The van der Waals surface area contributed by atoms with Crippen molar-refractivity contribution < 1.29 is 33.7 Å². The molecule has 1 aromatic carbocycles. The summed E-state index contributed by atoms with van der Waals surface area (Å²) in [6.45, 7) is 5.45. The highest BCUT2D eigenvalue weighted by Gasteiger charge is 2.29. The predicted molar refractivity (Wildman–Crippen MR) is 83.0 cm³/mol. The van der Waals surface area contributed by atoms with Gasteiger partial charge in [0.05, 0.1) is 27.4 Å². The minimum atomic E-state index is -4.69. The molecule has 7 nitrogen and oxygen atoms in total. The summed E-state index contributed by atoms with van der Waals surface area (Å²) in [5, 5.41) is 0. The lowest BCUT2D eigenvalue weighted by molar-refractivity contribution is -1.92. The van der Waals surface area contributed by atoms with E-state index in [1.54, 1.807) is 0 Å². The number of amidine groups is 1. The predicted octanol–water partition coefficient (Wildman–Crippen LogP) is -1.06. The molecule has 1 aromatic rings. The van der Waals surface area contributed by atoms with Crippen LogP contribution in [-0.2, 0) is 0 Å². The van der Waals surface area contributed by atoms with Crippen molar-refractivity contribution in [3.8, 4) is 0 Å². The average molecular weight is 367 g/mol. The lowest BCUT2D eigenvalue weighted by Crippen LogP contribution is -2.58. The largest absolute Gasteiger partial charge is 0.330 e. The van der Waals surface area contributed by atoms with Crippen molar-refractivity contribution in [3.63, 3.8) is 0 Å². The summed E-state index contributed by atoms with van der Waals surface area (Å²) in [6.07, 6.45) is 4.21. The van der Waals surface area contributed by atoms with E-state index < -0.39 is 10.2 Å². The number of fused-ring (bicyclic) bond motifs is 1. The van der Waals surface area contributed by atoms with Crippen molar-refractivity contribution in [1.82, 2.24) is 4.90 Å². The Morgan fingerprint density at radius 2 is 1.80 bits per heavy atom. The molecule has 2 aliphatic heterocycles. The Balaban J connectivity index is 0.000000399. The van der Waals surface area contributed by atoms with Gasteiger partial charge in [-0.2, -0.15) is 14.0 Å². The first kappa shape index (κ1) is 19.3. The maximum atomic E-state index is 12.5. The number of allylic oxidation sites excluding steroid dienone is 3. The quantitative estimate of drug-likeness (QED) is 0.666. The van der Waals surface area contributed by atoms with E-state index in [1.807, 2.05) is 30.3 Å². The van der Waals surface area contributed by atoms with E-state index in [0.29, 0.717) is 6.54 Å². The Hall–Kier alpha value is -2.03. The molecule has 0 fully saturated rings. The second kappa shape index (κ2) is 7.90. The maximum Gasteiger partial charge on any atom is 0.169 e. The van der Waals surface area contributed by atoms with Gasteiger partial charge in [0.15, 0.2) is 5.78 Å². The van der Waals surface area contributed by atoms with Crippen LogP contribution in [0.3, 0.4) is 0 Å². The summed E-state index contributed by atoms with van der Waals surface area (Å²) in [6, 6.07) is 9.50. The molecule has 0 saturated carbocycles. The molecule has 0 aliphatic carbocycles. The smallest absolute Gasteiger partial charge is 0.169 e. The van der Waals surface area contributed by atoms with Gasteiger partial charge >= 0.3 is 0 Å². The molecular formula is C17H19ClN2O5. The van der Waals surface area contributed by atoms with Gasteiger partial charge < -0.3 is 4.90 Å². The number of carbonyl (C=O) groups excluding carboxylic acids is 1. The van der Waals surface area contributed by atoms with E-state index in [4.69, 9.17) is 18.6 Å². The second-order valence-corrected chi connectivity index (χ2v) is 6.60. The van der Waals surface area contributed by atoms with E-state index >= 15 is 0 Å². The fourth-order valence-corrected chi connectivity index (χ4v) is 2.77. The lowest BCUT2D eigenvalue weighted by Gasteiger charge is -2.35. The first-order valence-electron chi connectivity index (χ1n) is 7.56. The van der Waals surface area contributed by atoms with Crippen LogP contribution in [0, 0.1) is 16.2 Å². The monoisotopic (exact) mass is 366 g/mol. The van der Waals surface area contributed by atoms with Crippen LogP contribution in [0.1, 0.15) is 24.2 Å². The number of hydrogen-bond donors (Lipinski definition) is 1. The standard InChI is InChI=1S/C17H18N2O.ClHO4/c1-12-8-13(2)19-11-15(10-18-16(19)9-12)17(20)14-6-4-3-5-7-14;2-1(3,4)5/h3-9,15H,10-11H2,1-2H3;(H,2,3,4,5). The van der Waals surface area contributed by atoms with Crippen molar-refractivity contribution in [2.45, 2.75) is 13.8 Å². The average Bonchev–Trinajstić information content (AvgIpc) is 2.53. The molecule has 2 aliphatic rings. The topological polar surface area (TPSA) is 122 Å². The van der Waals surface area contributed by atoms with Crippen LogP contribution >= 0.6 is 0 Å². The van der Waals surface area contributed by atoms with Gasteiger partial charge in [-0.25, -0.2) is 0 Å². The van der Waals surface area contributed by atoms with Crippen LogP contribution in [0.25, 0.3) is 0 Å². The molecule has 8 heteroatoms. The summed E-state index contributed by atoms with van der Waals surface area (Å²) in [7, 11) is -4.69. The number of carbonyl (C=O) groups is 1.